The molecule has 0 amide bonds. The zero-order valence-electron chi connectivity index (χ0n) is 17.2. The lowest BCUT2D eigenvalue weighted by molar-refractivity contribution is -0.0567. The van der Waals surface area contributed by atoms with Crippen molar-refractivity contribution in [3.05, 3.63) is 59.2 Å². The smallest absolute Gasteiger partial charge is 0.337 e. The van der Waals surface area contributed by atoms with E-state index in [0.29, 0.717) is 28.1 Å². The van der Waals surface area contributed by atoms with E-state index in [1.54, 1.807) is 56.3 Å². The Labute approximate surface area is 179 Å². The number of nitrogens with one attached hydrogen (secondary N) is 2. The second-order valence-corrected chi connectivity index (χ2v) is 7.37. The Bertz CT molecular complexity index is 1110. The van der Waals surface area contributed by atoms with Gasteiger partial charge in [0.15, 0.2) is 6.19 Å². The summed E-state index contributed by atoms with van der Waals surface area (Å²) in [5.41, 5.74) is 0.755. The SMILES string of the molecule is COC(=O)c1cccc(NC(=N[C@@H]2c3cc(C#N)ccc3OC(C)(C)[C@H]2O)NC#N)c1. The monoisotopic (exact) mass is 419 g/mol. The highest BCUT2D eigenvalue weighted by Crippen LogP contribution is 2.42. The van der Waals surface area contributed by atoms with Gasteiger partial charge in [0.25, 0.3) is 0 Å². The van der Waals surface area contributed by atoms with Gasteiger partial charge in [-0.15, -0.1) is 0 Å². The van der Waals surface area contributed by atoms with E-state index in [1.165, 1.54) is 7.11 Å². The van der Waals surface area contributed by atoms with Gasteiger partial charge in [-0.2, -0.15) is 10.5 Å². The Balaban J connectivity index is 2.02. The Morgan fingerprint density at radius 3 is 2.71 bits per heavy atom. The molecule has 0 bridgehead atoms. The number of hydrogen-bond donors (Lipinski definition) is 3. The largest absolute Gasteiger partial charge is 0.485 e. The highest BCUT2D eigenvalue weighted by atomic mass is 16.5. The fourth-order valence-electron chi connectivity index (χ4n) is 3.24. The van der Waals surface area contributed by atoms with Crippen LogP contribution in [-0.2, 0) is 4.74 Å². The number of aliphatic hydroxyl groups is 1. The summed E-state index contributed by atoms with van der Waals surface area (Å²) in [4.78, 5) is 16.3. The Kier molecular flexibility index (Phi) is 6.10. The number of ether oxygens (including phenoxy) is 2. The third-order valence-electron chi connectivity index (χ3n) is 4.83. The van der Waals surface area contributed by atoms with Crippen LogP contribution in [0.3, 0.4) is 0 Å². The number of rotatable bonds is 3. The summed E-state index contributed by atoms with van der Waals surface area (Å²) in [5.74, 6) is 0.0431. The van der Waals surface area contributed by atoms with E-state index in [0.717, 1.165) is 0 Å². The molecule has 1 aliphatic heterocycles. The molecule has 31 heavy (non-hydrogen) atoms. The van der Waals surface area contributed by atoms with Crippen LogP contribution in [-0.4, -0.2) is 35.9 Å². The van der Waals surface area contributed by atoms with Crippen molar-refractivity contribution in [2.45, 2.75) is 31.6 Å². The van der Waals surface area contributed by atoms with Gasteiger partial charge in [-0.05, 0) is 50.2 Å². The Hall–Kier alpha value is -4.08. The van der Waals surface area contributed by atoms with E-state index in [4.69, 9.17) is 9.47 Å². The van der Waals surface area contributed by atoms with Crippen molar-refractivity contribution in [3.63, 3.8) is 0 Å². The molecule has 0 unspecified atom stereocenters. The van der Waals surface area contributed by atoms with Gasteiger partial charge in [0.05, 0.1) is 24.3 Å². The lowest BCUT2D eigenvalue weighted by Gasteiger charge is -2.40. The molecule has 0 fully saturated rings. The highest BCUT2D eigenvalue weighted by molar-refractivity contribution is 5.97. The number of hydrogen-bond acceptors (Lipinski definition) is 7. The second kappa shape index (κ2) is 8.74. The lowest BCUT2D eigenvalue weighted by atomic mass is 9.86. The number of nitrogens with zero attached hydrogens (tertiary/aromatic N) is 3. The van der Waals surface area contributed by atoms with Gasteiger partial charge in [-0.1, -0.05) is 6.07 Å². The van der Waals surface area contributed by atoms with Gasteiger partial charge in [0, 0.05) is 11.3 Å². The number of esters is 1. The molecule has 3 N–H and O–H groups in total. The lowest BCUT2D eigenvalue weighted by Crippen LogP contribution is -2.49. The molecule has 9 nitrogen and oxygen atoms in total. The second-order valence-electron chi connectivity index (χ2n) is 7.37. The molecule has 0 aliphatic carbocycles. The minimum Gasteiger partial charge on any atom is -0.485 e. The van der Waals surface area contributed by atoms with Crippen LogP contribution in [0.1, 0.15) is 41.4 Å². The zero-order valence-corrected chi connectivity index (χ0v) is 17.2. The number of methoxy groups -OCH3 is 1. The maximum atomic E-state index is 11.8. The summed E-state index contributed by atoms with van der Waals surface area (Å²) in [6.07, 6.45) is 0.746. The zero-order chi connectivity index (χ0) is 22.6. The summed E-state index contributed by atoms with van der Waals surface area (Å²) in [5, 5.41) is 34.8. The molecular weight excluding hydrogens is 398 g/mol. The van der Waals surface area contributed by atoms with Crippen molar-refractivity contribution in [2.24, 2.45) is 4.99 Å². The Morgan fingerprint density at radius 2 is 2.03 bits per heavy atom. The summed E-state index contributed by atoms with van der Waals surface area (Å²) in [7, 11) is 1.29. The fraction of sp³-hybridized carbons (Fsp3) is 0.273. The molecule has 2 aromatic carbocycles. The first-order valence-corrected chi connectivity index (χ1v) is 9.38. The number of fused-ring (bicyclic) bond motifs is 1. The van der Waals surface area contributed by atoms with E-state index in [-0.39, 0.29) is 5.96 Å². The van der Waals surface area contributed by atoms with E-state index < -0.39 is 23.7 Å². The van der Waals surface area contributed by atoms with E-state index >= 15 is 0 Å². The third-order valence-corrected chi connectivity index (χ3v) is 4.83. The average molecular weight is 419 g/mol. The molecule has 0 radical (unpaired) electrons. The molecular formula is C22H21N5O4. The maximum absolute atomic E-state index is 11.8. The number of aliphatic hydroxyl groups excluding tert-OH is 1. The van der Waals surface area contributed by atoms with Gasteiger partial charge in [-0.3, -0.25) is 5.32 Å². The maximum Gasteiger partial charge on any atom is 0.337 e. The van der Waals surface area contributed by atoms with E-state index in [2.05, 4.69) is 21.7 Å². The van der Waals surface area contributed by atoms with Crippen LogP contribution in [0, 0.1) is 22.8 Å². The summed E-state index contributed by atoms with van der Waals surface area (Å²) >= 11 is 0. The van der Waals surface area contributed by atoms with Crippen LogP contribution in [0.15, 0.2) is 47.5 Å². The number of carbonyl (C=O) groups is 1. The first-order valence-electron chi connectivity index (χ1n) is 9.38. The number of carbonyl (C=O) groups excluding carboxylic acids is 1. The van der Waals surface area contributed by atoms with Gasteiger partial charge in [0.2, 0.25) is 5.96 Å². The van der Waals surface area contributed by atoms with Crippen LogP contribution in [0.4, 0.5) is 5.69 Å². The van der Waals surface area contributed by atoms with Crippen molar-refractivity contribution in [3.8, 4) is 18.0 Å². The molecule has 158 valence electrons. The molecule has 9 heteroatoms. The summed E-state index contributed by atoms with van der Waals surface area (Å²) in [6.45, 7) is 3.46. The van der Waals surface area contributed by atoms with Crippen LogP contribution in [0.5, 0.6) is 5.75 Å². The van der Waals surface area contributed by atoms with Crippen LogP contribution < -0.4 is 15.4 Å². The topological polar surface area (TPSA) is 140 Å². The first-order chi connectivity index (χ1) is 14.8. The van der Waals surface area contributed by atoms with Crippen molar-refractivity contribution in [1.82, 2.24) is 5.32 Å². The molecule has 2 atom stereocenters. The number of benzene rings is 2. The quantitative estimate of drug-likeness (QED) is 0.227. The van der Waals surface area contributed by atoms with Crippen molar-refractivity contribution in [2.75, 3.05) is 12.4 Å². The fourth-order valence-corrected chi connectivity index (χ4v) is 3.24. The minimum atomic E-state index is -1.06. The van der Waals surface area contributed by atoms with E-state index in [1.807, 2.05) is 6.19 Å². The predicted molar refractivity (Wildman–Crippen MR) is 112 cm³/mol. The number of aliphatic imine (C=N–C) groups is 1. The van der Waals surface area contributed by atoms with Gasteiger partial charge in [0.1, 0.15) is 23.5 Å². The Morgan fingerprint density at radius 1 is 1.26 bits per heavy atom. The molecule has 3 rings (SSSR count). The van der Waals surface area contributed by atoms with Gasteiger partial charge < -0.3 is 19.9 Å². The van der Waals surface area contributed by atoms with Gasteiger partial charge >= 0.3 is 5.97 Å². The third kappa shape index (κ3) is 4.58. The van der Waals surface area contributed by atoms with Crippen molar-refractivity contribution < 1.29 is 19.4 Å². The van der Waals surface area contributed by atoms with Crippen LogP contribution in [0.25, 0.3) is 0 Å². The number of guanidine groups is 1. The molecule has 1 aliphatic rings. The normalized spacial score (nSPS) is 19.1. The molecule has 1 heterocycles. The van der Waals surface area contributed by atoms with Crippen LogP contribution in [0.2, 0.25) is 0 Å². The van der Waals surface area contributed by atoms with E-state index in [9.17, 15) is 20.4 Å². The summed E-state index contributed by atoms with van der Waals surface area (Å²) in [6, 6.07) is 12.6. The van der Waals surface area contributed by atoms with Crippen LogP contribution >= 0.6 is 0 Å². The van der Waals surface area contributed by atoms with Crippen molar-refractivity contribution >= 4 is 17.6 Å². The standard InChI is InChI=1S/C22H21N5O4/c1-22(2)19(28)18(16-9-13(11-23)7-8-17(16)31-22)27-21(25-12-24)26-15-6-4-5-14(10-15)20(29)30-3/h4-10,18-19,28H,1-3H3,(H2,25,26,27)/t18-,19+/m1/s1. The molecule has 0 spiro atoms. The number of anilines is 1. The first kappa shape index (κ1) is 21.6. The average Bonchev–Trinajstić information content (AvgIpc) is 2.76. The molecule has 0 saturated carbocycles. The highest BCUT2D eigenvalue weighted by Gasteiger charge is 2.43. The molecule has 0 aromatic heterocycles. The molecule has 0 saturated heterocycles. The summed E-state index contributed by atoms with van der Waals surface area (Å²) < 4.78 is 10.6. The predicted octanol–water partition coefficient (Wildman–Crippen LogP) is 2.46. The van der Waals surface area contributed by atoms with Crippen molar-refractivity contribution in [1.29, 1.82) is 10.5 Å². The number of nitriles is 2. The minimum absolute atomic E-state index is 0.0552. The molecule has 2 aromatic rings. The van der Waals surface area contributed by atoms with Gasteiger partial charge in [-0.25, -0.2) is 9.79 Å².